The third-order valence-corrected chi connectivity index (χ3v) is 7.02. The quantitative estimate of drug-likeness (QED) is 0.488. The molecule has 1 atom stereocenters. The molecule has 0 aliphatic carbocycles. The minimum atomic E-state index is -0.0731. The molecule has 3 aromatic heterocycles. The number of imidazole rings is 1. The van der Waals surface area contributed by atoms with E-state index in [1.165, 1.54) is 0 Å². The van der Waals surface area contributed by atoms with E-state index in [1.807, 2.05) is 50.6 Å². The summed E-state index contributed by atoms with van der Waals surface area (Å²) in [6, 6.07) is 5.68. The van der Waals surface area contributed by atoms with Crippen LogP contribution < -0.4 is 5.56 Å². The first-order chi connectivity index (χ1) is 12.3. The van der Waals surface area contributed by atoms with Crippen molar-refractivity contribution in [3.63, 3.8) is 0 Å². The number of aromatic amines is 1. The van der Waals surface area contributed by atoms with E-state index in [4.69, 9.17) is 16.6 Å². The summed E-state index contributed by atoms with van der Waals surface area (Å²) in [5.74, 6) is 0.666. The van der Waals surface area contributed by atoms with Crippen molar-refractivity contribution in [2.24, 2.45) is 7.05 Å². The van der Waals surface area contributed by atoms with Crippen molar-refractivity contribution in [3.8, 4) is 0 Å². The molecule has 5 nitrogen and oxygen atoms in total. The number of thioether (sulfide) groups is 1. The van der Waals surface area contributed by atoms with E-state index >= 15 is 0 Å². The number of fused-ring (bicyclic) bond motifs is 2. The summed E-state index contributed by atoms with van der Waals surface area (Å²) in [6.45, 7) is 6.01. The second-order valence-electron chi connectivity index (χ2n) is 6.26. The van der Waals surface area contributed by atoms with Crippen LogP contribution in [0.2, 0.25) is 5.02 Å². The largest absolute Gasteiger partial charge is 0.322 e. The van der Waals surface area contributed by atoms with Crippen LogP contribution in [0.15, 0.2) is 28.2 Å². The molecule has 0 saturated carbocycles. The summed E-state index contributed by atoms with van der Waals surface area (Å²) in [5.41, 5.74) is 2.82. The van der Waals surface area contributed by atoms with Gasteiger partial charge in [0.05, 0.1) is 21.7 Å². The number of halogens is 1. The lowest BCUT2D eigenvalue weighted by molar-refractivity contribution is 0.806. The van der Waals surface area contributed by atoms with Gasteiger partial charge in [-0.2, -0.15) is 0 Å². The molecule has 0 aliphatic heterocycles. The second kappa shape index (κ2) is 6.40. The lowest BCUT2D eigenvalue weighted by atomic mass is 10.2. The number of nitrogens with one attached hydrogen (secondary N) is 1. The summed E-state index contributed by atoms with van der Waals surface area (Å²) >= 11 is 9.19. The Morgan fingerprint density at radius 3 is 2.85 bits per heavy atom. The van der Waals surface area contributed by atoms with Gasteiger partial charge in [-0.15, -0.1) is 11.3 Å². The molecular formula is C18H17ClN4OS2. The molecule has 1 aromatic carbocycles. The number of aromatic nitrogens is 4. The SMILES string of the molecule is Cc1sc2nc(C(C)Sc3nc4cc(Cl)ccc4n3C)[nH]c(=O)c2c1C. The fraction of sp³-hybridized carbons (Fsp3) is 0.278. The molecule has 8 heteroatoms. The molecular weight excluding hydrogens is 388 g/mol. The highest BCUT2D eigenvalue weighted by Gasteiger charge is 2.18. The third-order valence-electron chi connectivity index (χ3n) is 4.53. The lowest BCUT2D eigenvalue weighted by Gasteiger charge is -2.10. The van der Waals surface area contributed by atoms with Gasteiger partial charge in [-0.3, -0.25) is 4.79 Å². The minimum Gasteiger partial charge on any atom is -0.322 e. The molecule has 0 radical (unpaired) electrons. The molecule has 0 spiro atoms. The maximum Gasteiger partial charge on any atom is 0.259 e. The monoisotopic (exact) mass is 404 g/mol. The maximum absolute atomic E-state index is 12.5. The van der Waals surface area contributed by atoms with Crippen LogP contribution in [0, 0.1) is 13.8 Å². The first kappa shape index (κ1) is 17.6. The molecule has 0 fully saturated rings. The zero-order valence-corrected chi connectivity index (χ0v) is 17.1. The first-order valence-electron chi connectivity index (χ1n) is 8.13. The van der Waals surface area contributed by atoms with Gasteiger partial charge in [0, 0.05) is 16.9 Å². The van der Waals surface area contributed by atoms with Gasteiger partial charge in [-0.1, -0.05) is 23.4 Å². The zero-order valence-electron chi connectivity index (χ0n) is 14.8. The smallest absolute Gasteiger partial charge is 0.259 e. The Labute approximate surface area is 163 Å². The number of thiophene rings is 1. The van der Waals surface area contributed by atoms with E-state index in [1.54, 1.807) is 23.1 Å². The third kappa shape index (κ3) is 2.84. The zero-order chi connectivity index (χ0) is 18.6. The number of aryl methyl sites for hydroxylation is 3. The van der Waals surface area contributed by atoms with E-state index in [2.05, 4.69) is 9.97 Å². The Morgan fingerprint density at radius 1 is 1.31 bits per heavy atom. The maximum atomic E-state index is 12.5. The van der Waals surface area contributed by atoms with Crippen LogP contribution in [-0.2, 0) is 7.05 Å². The van der Waals surface area contributed by atoms with E-state index in [0.29, 0.717) is 16.2 Å². The number of benzene rings is 1. The molecule has 1 N–H and O–H groups in total. The fourth-order valence-electron chi connectivity index (χ4n) is 2.93. The average molecular weight is 405 g/mol. The van der Waals surface area contributed by atoms with Gasteiger partial charge in [-0.05, 0) is 44.5 Å². The predicted octanol–water partition coefficient (Wildman–Crippen LogP) is 4.99. The van der Waals surface area contributed by atoms with Gasteiger partial charge in [-0.25, -0.2) is 9.97 Å². The summed E-state index contributed by atoms with van der Waals surface area (Å²) < 4.78 is 2.03. The molecule has 3 heterocycles. The Balaban J connectivity index is 1.72. The molecule has 26 heavy (non-hydrogen) atoms. The summed E-state index contributed by atoms with van der Waals surface area (Å²) in [4.78, 5) is 26.7. The highest BCUT2D eigenvalue weighted by atomic mass is 35.5. The van der Waals surface area contributed by atoms with Gasteiger partial charge in [0.25, 0.3) is 5.56 Å². The molecule has 4 rings (SSSR count). The number of hydrogen-bond acceptors (Lipinski definition) is 5. The van der Waals surface area contributed by atoms with Crippen LogP contribution in [0.5, 0.6) is 0 Å². The number of nitrogens with zero attached hydrogens (tertiary/aromatic N) is 3. The summed E-state index contributed by atoms with van der Waals surface area (Å²) in [5, 5.41) is 2.18. The predicted molar refractivity (Wildman–Crippen MR) is 110 cm³/mol. The van der Waals surface area contributed by atoms with Crippen molar-refractivity contribution in [1.82, 2.24) is 19.5 Å². The first-order valence-corrected chi connectivity index (χ1v) is 10.2. The summed E-state index contributed by atoms with van der Waals surface area (Å²) in [6.07, 6.45) is 0. The van der Waals surface area contributed by atoms with Gasteiger partial charge >= 0.3 is 0 Å². The Hall–Kier alpha value is -1.83. The highest BCUT2D eigenvalue weighted by molar-refractivity contribution is 7.99. The van der Waals surface area contributed by atoms with Crippen molar-refractivity contribution < 1.29 is 0 Å². The Kier molecular flexibility index (Phi) is 4.33. The van der Waals surface area contributed by atoms with Crippen molar-refractivity contribution >= 4 is 55.9 Å². The van der Waals surface area contributed by atoms with Crippen molar-refractivity contribution in [2.75, 3.05) is 0 Å². The minimum absolute atomic E-state index is 0.0409. The normalized spacial score (nSPS) is 13.0. The van der Waals surface area contributed by atoms with E-state index in [-0.39, 0.29) is 10.8 Å². The van der Waals surface area contributed by atoms with Crippen molar-refractivity contribution in [1.29, 1.82) is 0 Å². The number of H-pyrrole nitrogens is 1. The average Bonchev–Trinajstić information content (AvgIpc) is 3.04. The van der Waals surface area contributed by atoms with Crippen LogP contribution >= 0.6 is 34.7 Å². The molecule has 1 unspecified atom stereocenters. The van der Waals surface area contributed by atoms with E-state index in [0.717, 1.165) is 31.5 Å². The van der Waals surface area contributed by atoms with Crippen molar-refractivity contribution in [3.05, 3.63) is 49.8 Å². The molecule has 0 aliphatic rings. The van der Waals surface area contributed by atoms with Gasteiger partial charge in [0.2, 0.25) is 0 Å². The molecule has 4 aromatic rings. The number of hydrogen-bond donors (Lipinski definition) is 1. The van der Waals surface area contributed by atoms with E-state index < -0.39 is 0 Å². The molecule has 0 bridgehead atoms. The Morgan fingerprint density at radius 2 is 2.08 bits per heavy atom. The van der Waals surface area contributed by atoms with Crippen molar-refractivity contribution in [2.45, 2.75) is 31.2 Å². The lowest BCUT2D eigenvalue weighted by Crippen LogP contribution is -2.12. The van der Waals surface area contributed by atoms with Gasteiger partial charge in [0.1, 0.15) is 10.7 Å². The molecule has 0 amide bonds. The highest BCUT2D eigenvalue weighted by Crippen LogP contribution is 2.35. The van der Waals surface area contributed by atoms with Crippen LogP contribution in [0.4, 0.5) is 0 Å². The van der Waals surface area contributed by atoms with E-state index in [9.17, 15) is 4.79 Å². The number of rotatable bonds is 3. The topological polar surface area (TPSA) is 63.6 Å². The van der Waals surface area contributed by atoms with Gasteiger partial charge < -0.3 is 9.55 Å². The van der Waals surface area contributed by atoms with Gasteiger partial charge in [0.15, 0.2) is 5.16 Å². The van der Waals surface area contributed by atoms with Crippen LogP contribution in [0.1, 0.15) is 28.4 Å². The Bertz CT molecular complexity index is 1210. The standard InChI is InChI=1S/C18H17ClN4OS2/c1-8-9(2)25-17-14(8)16(24)21-15(22-17)10(3)26-18-20-12-7-11(19)5-6-13(12)23(18)4/h5-7,10H,1-4H3,(H,21,22,24). The molecule has 134 valence electrons. The van der Waals surface area contributed by atoms with Crippen LogP contribution in [0.25, 0.3) is 21.3 Å². The fourth-order valence-corrected chi connectivity index (χ4v) is 5.08. The molecule has 0 saturated heterocycles. The second-order valence-corrected chi connectivity index (χ2v) is 9.21. The van der Waals surface area contributed by atoms with Crippen LogP contribution in [-0.4, -0.2) is 19.5 Å². The van der Waals surface area contributed by atoms with Crippen LogP contribution in [0.3, 0.4) is 0 Å². The summed E-state index contributed by atoms with van der Waals surface area (Å²) in [7, 11) is 1.98.